The number of rotatable bonds is 3. The number of aromatic carboxylic acids is 1. The van der Waals surface area contributed by atoms with Crippen LogP contribution in [0, 0.1) is 0 Å². The molecule has 1 N–H and O–H groups in total. The number of carbonyl (C=O) groups excluding carboxylic acids is 1. The average Bonchev–Trinajstić information content (AvgIpc) is 3.01. The summed E-state index contributed by atoms with van der Waals surface area (Å²) in [7, 11) is 0. The number of anilines is 1. The summed E-state index contributed by atoms with van der Waals surface area (Å²) in [5, 5.41) is 8.94. The highest BCUT2D eigenvalue weighted by atomic mass is 16.4. The second-order valence-corrected chi connectivity index (χ2v) is 4.78. The molecule has 3 rings (SSSR count). The van der Waals surface area contributed by atoms with Crippen molar-refractivity contribution in [1.29, 1.82) is 0 Å². The van der Waals surface area contributed by atoms with Crippen molar-refractivity contribution in [3.63, 3.8) is 0 Å². The third-order valence-corrected chi connectivity index (χ3v) is 3.44. The summed E-state index contributed by atoms with van der Waals surface area (Å²) in [6.07, 6.45) is 5.12. The zero-order valence-corrected chi connectivity index (χ0v) is 11.1. The van der Waals surface area contributed by atoms with Crippen molar-refractivity contribution in [2.75, 3.05) is 4.90 Å². The third-order valence-electron chi connectivity index (χ3n) is 3.44. The van der Waals surface area contributed by atoms with Crippen molar-refractivity contribution < 1.29 is 19.1 Å². The van der Waals surface area contributed by atoms with Crippen LogP contribution in [0.4, 0.5) is 5.69 Å². The van der Waals surface area contributed by atoms with Gasteiger partial charge in [-0.1, -0.05) is 0 Å². The minimum atomic E-state index is -0.964. The number of furan rings is 1. The van der Waals surface area contributed by atoms with E-state index in [9.17, 15) is 9.59 Å². The van der Waals surface area contributed by atoms with E-state index in [1.165, 1.54) is 6.08 Å². The van der Waals surface area contributed by atoms with Gasteiger partial charge in [-0.3, -0.25) is 4.79 Å². The highest BCUT2D eigenvalue weighted by Crippen LogP contribution is 2.33. The van der Waals surface area contributed by atoms with E-state index in [1.807, 2.05) is 11.0 Å². The van der Waals surface area contributed by atoms with Gasteiger partial charge in [0.1, 0.15) is 5.76 Å². The van der Waals surface area contributed by atoms with Gasteiger partial charge in [-0.2, -0.15) is 0 Å². The van der Waals surface area contributed by atoms with Crippen LogP contribution < -0.4 is 4.90 Å². The van der Waals surface area contributed by atoms with E-state index in [0.29, 0.717) is 12.2 Å². The number of hydrogen-bond acceptors (Lipinski definition) is 4. The lowest BCUT2D eigenvalue weighted by Gasteiger charge is -2.31. The summed E-state index contributed by atoms with van der Waals surface area (Å²) in [4.78, 5) is 24.5. The molecule has 0 fully saturated rings. The summed E-state index contributed by atoms with van der Waals surface area (Å²) in [5.74, 6) is -0.224. The Morgan fingerprint density at radius 2 is 2.00 bits per heavy atom. The first-order valence-corrected chi connectivity index (χ1v) is 6.51. The SMILES string of the molecule is O=C1C=CN(c2ccc(C(=O)O)cc2)C(c2ccco2)C1. The molecule has 1 atom stereocenters. The molecule has 1 aliphatic heterocycles. The van der Waals surface area contributed by atoms with E-state index in [-0.39, 0.29) is 17.4 Å². The Hall–Kier alpha value is -2.82. The van der Waals surface area contributed by atoms with E-state index >= 15 is 0 Å². The molecule has 1 unspecified atom stereocenters. The molecule has 2 aromatic rings. The van der Waals surface area contributed by atoms with Gasteiger partial charge in [0.2, 0.25) is 0 Å². The standard InChI is InChI=1S/C16H13NO4/c18-13-7-8-17(14(10-13)15-2-1-9-21-15)12-5-3-11(4-6-12)16(19)20/h1-9,14H,10H2,(H,19,20). The van der Waals surface area contributed by atoms with Crippen LogP contribution in [0.25, 0.3) is 0 Å². The molecule has 1 aromatic carbocycles. The summed E-state index contributed by atoms with van der Waals surface area (Å²) in [5.41, 5.74) is 1.04. The fourth-order valence-electron chi connectivity index (χ4n) is 2.38. The fourth-order valence-corrected chi connectivity index (χ4v) is 2.38. The number of benzene rings is 1. The Kier molecular flexibility index (Phi) is 3.31. The Labute approximate surface area is 121 Å². The molecule has 5 heteroatoms. The Bertz CT molecular complexity index is 686. The average molecular weight is 283 g/mol. The van der Waals surface area contributed by atoms with E-state index in [2.05, 4.69) is 0 Å². The quantitative estimate of drug-likeness (QED) is 0.937. The molecule has 0 bridgehead atoms. The lowest BCUT2D eigenvalue weighted by molar-refractivity contribution is -0.115. The van der Waals surface area contributed by atoms with Gasteiger partial charge in [-0.25, -0.2) is 4.79 Å². The zero-order valence-electron chi connectivity index (χ0n) is 11.1. The Balaban J connectivity index is 1.95. The Morgan fingerprint density at radius 3 is 2.62 bits per heavy atom. The maximum absolute atomic E-state index is 11.7. The van der Waals surface area contributed by atoms with Gasteiger partial charge < -0.3 is 14.4 Å². The Morgan fingerprint density at radius 1 is 1.24 bits per heavy atom. The van der Waals surface area contributed by atoms with Crippen LogP contribution in [-0.2, 0) is 4.79 Å². The van der Waals surface area contributed by atoms with Crippen LogP contribution >= 0.6 is 0 Å². The van der Waals surface area contributed by atoms with Gasteiger partial charge in [0.15, 0.2) is 5.78 Å². The van der Waals surface area contributed by atoms with Crippen LogP contribution in [-0.4, -0.2) is 16.9 Å². The van der Waals surface area contributed by atoms with E-state index in [1.54, 1.807) is 42.8 Å². The van der Waals surface area contributed by atoms with Gasteiger partial charge >= 0.3 is 5.97 Å². The molecular weight excluding hydrogens is 270 g/mol. The highest BCUT2D eigenvalue weighted by Gasteiger charge is 2.27. The third kappa shape index (κ3) is 2.58. The second-order valence-electron chi connectivity index (χ2n) is 4.78. The number of carbonyl (C=O) groups is 2. The molecule has 0 saturated carbocycles. The predicted molar refractivity (Wildman–Crippen MR) is 76.1 cm³/mol. The smallest absolute Gasteiger partial charge is 0.335 e. The largest absolute Gasteiger partial charge is 0.478 e. The lowest BCUT2D eigenvalue weighted by atomic mass is 10.0. The normalized spacial score (nSPS) is 18.0. The molecule has 0 saturated heterocycles. The molecule has 0 spiro atoms. The van der Waals surface area contributed by atoms with Gasteiger partial charge in [0.05, 0.1) is 17.9 Å². The van der Waals surface area contributed by atoms with Crippen molar-refractivity contribution in [2.45, 2.75) is 12.5 Å². The summed E-state index contributed by atoms with van der Waals surface area (Å²) in [6.45, 7) is 0. The maximum Gasteiger partial charge on any atom is 0.335 e. The molecule has 0 amide bonds. The monoisotopic (exact) mass is 283 g/mol. The van der Waals surface area contributed by atoms with Gasteiger partial charge in [-0.05, 0) is 42.5 Å². The van der Waals surface area contributed by atoms with Crippen molar-refractivity contribution in [3.8, 4) is 0 Å². The predicted octanol–water partition coefficient (Wildman–Crippen LogP) is 3.01. The van der Waals surface area contributed by atoms with Gasteiger partial charge in [0.25, 0.3) is 0 Å². The zero-order chi connectivity index (χ0) is 14.8. The van der Waals surface area contributed by atoms with Crippen molar-refractivity contribution in [2.24, 2.45) is 0 Å². The van der Waals surface area contributed by atoms with E-state index < -0.39 is 5.97 Å². The fraction of sp³-hybridized carbons (Fsp3) is 0.125. The molecule has 2 heterocycles. The van der Waals surface area contributed by atoms with Crippen LogP contribution in [0.3, 0.4) is 0 Å². The number of nitrogens with zero attached hydrogens (tertiary/aromatic N) is 1. The summed E-state index contributed by atoms with van der Waals surface area (Å²) < 4.78 is 5.41. The molecular formula is C16H13NO4. The molecule has 1 aliphatic rings. The molecule has 5 nitrogen and oxygen atoms in total. The number of ketones is 1. The molecule has 21 heavy (non-hydrogen) atoms. The first-order valence-electron chi connectivity index (χ1n) is 6.51. The molecule has 106 valence electrons. The second kappa shape index (κ2) is 5.28. The number of carboxylic acid groups (broad SMARTS) is 1. The molecule has 0 radical (unpaired) electrons. The number of allylic oxidation sites excluding steroid dienone is 1. The van der Waals surface area contributed by atoms with Crippen LogP contribution in [0.1, 0.15) is 28.6 Å². The summed E-state index contributed by atoms with van der Waals surface area (Å²) in [6, 6.07) is 9.93. The van der Waals surface area contributed by atoms with Crippen LogP contribution in [0.2, 0.25) is 0 Å². The molecule has 1 aromatic heterocycles. The number of hydrogen-bond donors (Lipinski definition) is 1. The minimum Gasteiger partial charge on any atom is -0.478 e. The topological polar surface area (TPSA) is 70.8 Å². The van der Waals surface area contributed by atoms with Gasteiger partial charge in [-0.15, -0.1) is 0 Å². The first-order chi connectivity index (χ1) is 10.1. The lowest BCUT2D eigenvalue weighted by Crippen LogP contribution is -2.28. The van der Waals surface area contributed by atoms with E-state index in [4.69, 9.17) is 9.52 Å². The minimum absolute atomic E-state index is 0.0369. The number of carboxylic acids is 1. The van der Waals surface area contributed by atoms with Crippen molar-refractivity contribution in [1.82, 2.24) is 0 Å². The van der Waals surface area contributed by atoms with Crippen LogP contribution in [0.5, 0.6) is 0 Å². The molecule has 0 aliphatic carbocycles. The van der Waals surface area contributed by atoms with E-state index in [0.717, 1.165) is 5.69 Å². The summed E-state index contributed by atoms with van der Waals surface area (Å²) >= 11 is 0. The van der Waals surface area contributed by atoms with Crippen molar-refractivity contribution in [3.05, 3.63) is 66.3 Å². The van der Waals surface area contributed by atoms with Crippen LogP contribution in [0.15, 0.2) is 59.4 Å². The highest BCUT2D eigenvalue weighted by molar-refractivity contribution is 5.92. The van der Waals surface area contributed by atoms with Crippen molar-refractivity contribution >= 4 is 17.4 Å². The van der Waals surface area contributed by atoms with Gasteiger partial charge in [0, 0.05) is 18.3 Å². The maximum atomic E-state index is 11.7. The first kappa shape index (κ1) is 13.2.